The molecule has 0 aliphatic carbocycles. The number of hydrogen-bond acceptors (Lipinski definition) is 10. The molecule has 0 amide bonds. The number of alkyl halides is 6. The molecule has 0 unspecified atom stereocenters. The van der Waals surface area contributed by atoms with Crippen molar-refractivity contribution in [2.45, 2.75) is 38.7 Å². The van der Waals surface area contributed by atoms with Gasteiger partial charge in [-0.05, 0) is 0 Å². The molecule has 0 rings (SSSR count). The average molecular weight is 526 g/mol. The van der Waals surface area contributed by atoms with Crippen LogP contribution in [0.2, 0.25) is 0 Å². The van der Waals surface area contributed by atoms with E-state index in [9.17, 15) is 26.3 Å². The number of hydrogen-bond donors (Lipinski definition) is 0. The Labute approximate surface area is 173 Å². The van der Waals surface area contributed by atoms with Gasteiger partial charge in [-0.1, -0.05) is 0 Å². The molecule has 10 nitrogen and oxygen atoms in total. The minimum absolute atomic E-state index is 0. The molecule has 0 atom stereocenters. The maximum absolute atomic E-state index is 10.7. The van der Waals surface area contributed by atoms with Gasteiger partial charge in [0.2, 0.25) is 0 Å². The zero-order valence-electron chi connectivity index (χ0n) is 14.6. The maximum atomic E-state index is 10.7. The minimum Gasteiger partial charge on any atom is -0.741 e. The van der Waals surface area contributed by atoms with Gasteiger partial charge < -0.3 is 9.11 Å². The molecule has 0 aliphatic heterocycles. The molecule has 173 valence electrons. The fourth-order valence-corrected chi connectivity index (χ4v) is 0. The van der Waals surface area contributed by atoms with Crippen molar-refractivity contribution in [2.24, 2.45) is 0 Å². The predicted molar refractivity (Wildman–Crippen MR) is 76.7 cm³/mol. The van der Waals surface area contributed by atoms with Crippen molar-refractivity contribution < 1.29 is 69.4 Å². The Morgan fingerprint density at radius 2 is 0.621 bits per heavy atom. The van der Waals surface area contributed by atoms with Crippen molar-refractivity contribution in [3.05, 3.63) is 0 Å². The first-order valence-electron chi connectivity index (χ1n) is 5.44. The summed E-state index contributed by atoms with van der Waals surface area (Å²) >= 11 is 0. The van der Waals surface area contributed by atoms with Crippen LogP contribution in [-0.2, 0) is 37.3 Å². The van der Waals surface area contributed by atoms with Gasteiger partial charge in [-0.25, -0.2) is 16.8 Å². The van der Waals surface area contributed by atoms with Gasteiger partial charge >= 0.3 is 28.1 Å². The Morgan fingerprint density at radius 1 is 0.586 bits per heavy atom. The van der Waals surface area contributed by atoms with Crippen LogP contribution in [0, 0.1) is 45.3 Å². The van der Waals surface area contributed by atoms with Gasteiger partial charge in [-0.2, -0.15) is 47.4 Å². The Morgan fingerprint density at radius 3 is 0.621 bits per heavy atom. The molecule has 0 N–H and O–H groups in total. The summed E-state index contributed by atoms with van der Waals surface area (Å²) in [5.41, 5.74) is -11.3. The van der Waals surface area contributed by atoms with Crippen LogP contribution < -0.4 is 0 Å². The van der Waals surface area contributed by atoms with Crippen LogP contribution in [0.1, 0.15) is 27.7 Å². The summed E-state index contributed by atoms with van der Waals surface area (Å²) in [7, 11) is -12.2. The molecule has 0 spiro atoms. The van der Waals surface area contributed by atoms with Gasteiger partial charge in [0.05, 0.1) is 24.3 Å². The van der Waals surface area contributed by atoms with E-state index in [1.54, 1.807) is 24.3 Å². The van der Waals surface area contributed by atoms with Gasteiger partial charge in [0, 0.05) is 27.7 Å². The van der Waals surface area contributed by atoms with E-state index >= 15 is 0 Å². The van der Waals surface area contributed by atoms with E-state index in [2.05, 4.69) is 0 Å². The zero-order valence-corrected chi connectivity index (χ0v) is 17.2. The summed E-state index contributed by atoms with van der Waals surface area (Å²) in [6, 6.07) is 7.00. The summed E-state index contributed by atoms with van der Waals surface area (Å²) in [5.74, 6) is 0. The van der Waals surface area contributed by atoms with Gasteiger partial charge in [-0.3, -0.25) is 0 Å². The maximum Gasteiger partial charge on any atom is 2.00 e. The topological polar surface area (TPSA) is 210 Å². The second-order valence-electron chi connectivity index (χ2n) is 2.69. The second kappa shape index (κ2) is 23.9. The smallest absolute Gasteiger partial charge is 0.741 e. The molecule has 0 aromatic rings. The van der Waals surface area contributed by atoms with Crippen molar-refractivity contribution in [3.8, 4) is 24.3 Å². The normalized spacial score (nSPS) is 8.83. The SMILES string of the molecule is CC#N.CC#N.CC#N.CC#N.O=S(=O)([O-])C(F)(F)F.O=S(=O)([O-])C(F)(F)F.[Cu+2]. The van der Waals surface area contributed by atoms with Crippen LogP contribution >= 0.6 is 0 Å². The molecule has 0 aliphatic rings. The molecular formula is C10H12CuF6N4O6S2. The molecule has 0 heterocycles. The van der Waals surface area contributed by atoms with E-state index in [1.165, 1.54) is 27.7 Å². The van der Waals surface area contributed by atoms with E-state index in [0.29, 0.717) is 0 Å². The quantitative estimate of drug-likeness (QED) is 0.194. The van der Waals surface area contributed by atoms with Crippen molar-refractivity contribution in [2.75, 3.05) is 0 Å². The Balaban J connectivity index is -0.0000000429. The Kier molecular flexibility index (Phi) is 37.6. The first-order valence-corrected chi connectivity index (χ1v) is 8.25. The molecular weight excluding hydrogens is 514 g/mol. The van der Waals surface area contributed by atoms with E-state index in [1.807, 2.05) is 0 Å². The molecule has 19 heteroatoms. The third-order valence-electron chi connectivity index (χ3n) is 0.567. The van der Waals surface area contributed by atoms with Crippen molar-refractivity contribution >= 4 is 20.2 Å². The van der Waals surface area contributed by atoms with Crippen molar-refractivity contribution in [1.82, 2.24) is 0 Å². The first-order chi connectivity index (χ1) is 12.2. The van der Waals surface area contributed by atoms with Crippen molar-refractivity contribution in [1.29, 1.82) is 21.0 Å². The van der Waals surface area contributed by atoms with Crippen LogP contribution in [0.25, 0.3) is 0 Å². The number of nitriles is 4. The number of rotatable bonds is 0. The van der Waals surface area contributed by atoms with E-state index in [0.717, 1.165) is 0 Å². The van der Waals surface area contributed by atoms with Crippen LogP contribution in [0.5, 0.6) is 0 Å². The van der Waals surface area contributed by atoms with Gasteiger partial charge in [0.25, 0.3) is 0 Å². The average Bonchev–Trinajstić information content (AvgIpc) is 2.38. The fraction of sp³-hybridized carbons (Fsp3) is 0.600. The monoisotopic (exact) mass is 525 g/mol. The Bertz CT molecular complexity index is 665. The van der Waals surface area contributed by atoms with E-state index < -0.39 is 31.3 Å². The van der Waals surface area contributed by atoms with Gasteiger partial charge in [0.1, 0.15) is 0 Å². The van der Waals surface area contributed by atoms with Crippen LogP contribution in [-0.4, -0.2) is 37.0 Å². The van der Waals surface area contributed by atoms with Gasteiger partial charge in [-0.15, -0.1) is 0 Å². The molecule has 0 aromatic heterocycles. The molecule has 0 saturated carbocycles. The molecule has 0 saturated heterocycles. The predicted octanol–water partition coefficient (Wildman–Crippen LogP) is 2.22. The van der Waals surface area contributed by atoms with Crippen LogP contribution in [0.15, 0.2) is 0 Å². The molecule has 1 radical (unpaired) electrons. The molecule has 0 aromatic carbocycles. The molecule has 0 bridgehead atoms. The fourth-order valence-electron chi connectivity index (χ4n) is 0. The third-order valence-corrected chi connectivity index (χ3v) is 1.70. The first kappa shape index (κ1) is 45.6. The minimum atomic E-state index is -6.09. The largest absolute Gasteiger partial charge is 2.00 e. The van der Waals surface area contributed by atoms with Crippen molar-refractivity contribution in [3.63, 3.8) is 0 Å². The zero-order chi connectivity index (χ0) is 24.8. The summed E-state index contributed by atoms with van der Waals surface area (Å²) in [5, 5.41) is 29.3. The third kappa shape index (κ3) is 58.5. The molecule has 0 fully saturated rings. The number of halogens is 6. The number of nitrogens with zero attached hydrogens (tertiary/aromatic N) is 4. The second-order valence-corrected chi connectivity index (χ2v) is 5.44. The van der Waals surface area contributed by atoms with E-state index in [-0.39, 0.29) is 17.1 Å². The summed E-state index contributed by atoms with van der Waals surface area (Å²) in [4.78, 5) is 0. The van der Waals surface area contributed by atoms with Crippen LogP contribution in [0.3, 0.4) is 0 Å². The standard InChI is InChI=1S/4C2H3N.2CHF3O3S.Cu/c4*1-2-3;2*2-1(3,4)8(5,6)7;/h4*1H3;2*(H,5,6,7);/q;;;;;;+2/p-2. The summed E-state index contributed by atoms with van der Waals surface area (Å²) < 4.78 is 118. The van der Waals surface area contributed by atoms with Gasteiger partial charge in [0.15, 0.2) is 20.2 Å². The van der Waals surface area contributed by atoms with Crippen LogP contribution in [0.4, 0.5) is 26.3 Å². The summed E-state index contributed by atoms with van der Waals surface area (Å²) in [6.45, 7) is 5.72. The Hall–Kier alpha value is -2.12. The molecule has 29 heavy (non-hydrogen) atoms. The summed E-state index contributed by atoms with van der Waals surface area (Å²) in [6.07, 6.45) is 0. The van der Waals surface area contributed by atoms with E-state index in [4.69, 9.17) is 47.0 Å².